The predicted molar refractivity (Wildman–Crippen MR) is 127 cm³/mol. The van der Waals surface area contributed by atoms with Gasteiger partial charge in [0.15, 0.2) is 0 Å². The van der Waals surface area contributed by atoms with Crippen molar-refractivity contribution < 1.29 is 22.7 Å². The van der Waals surface area contributed by atoms with E-state index in [0.717, 1.165) is 24.2 Å². The fourth-order valence-corrected chi connectivity index (χ4v) is 3.39. The average molecular weight is 472 g/mol. The van der Waals surface area contributed by atoms with E-state index in [-0.39, 0.29) is 17.3 Å². The summed E-state index contributed by atoms with van der Waals surface area (Å²) in [5, 5.41) is 9.16. The summed E-state index contributed by atoms with van der Waals surface area (Å²) in [4.78, 5) is 12.2. The molecule has 0 unspecified atom stereocenters. The number of nitrogens with one attached hydrogen (secondary N) is 3. The van der Waals surface area contributed by atoms with Crippen LogP contribution in [0.3, 0.4) is 0 Å². The molecule has 0 aliphatic carbocycles. The number of carbonyl (C=O) groups is 1. The minimum atomic E-state index is -4.47. The molecule has 1 amide bonds. The normalized spacial score (nSPS) is 11.2. The maximum atomic E-state index is 13.1. The number of alkyl halides is 3. The van der Waals surface area contributed by atoms with Gasteiger partial charge in [-0.3, -0.25) is 4.79 Å². The van der Waals surface area contributed by atoms with E-state index in [2.05, 4.69) is 16.0 Å². The molecule has 0 aliphatic heterocycles. The third-order valence-corrected chi connectivity index (χ3v) is 5.12. The van der Waals surface area contributed by atoms with Crippen LogP contribution >= 0.6 is 0 Å². The molecule has 3 aromatic carbocycles. The van der Waals surface area contributed by atoms with Gasteiger partial charge in [-0.25, -0.2) is 0 Å². The third-order valence-electron chi connectivity index (χ3n) is 5.12. The zero-order valence-electron chi connectivity index (χ0n) is 18.9. The third kappa shape index (κ3) is 8.12. The van der Waals surface area contributed by atoms with Gasteiger partial charge in [-0.2, -0.15) is 13.2 Å². The molecule has 3 rings (SSSR count). The van der Waals surface area contributed by atoms with E-state index in [9.17, 15) is 18.0 Å². The Morgan fingerprint density at radius 3 is 2.38 bits per heavy atom. The summed E-state index contributed by atoms with van der Waals surface area (Å²) in [5.74, 6) is 0.0610. The number of rotatable bonds is 11. The van der Waals surface area contributed by atoms with Crippen LogP contribution in [0.1, 0.15) is 23.1 Å². The standard InChI is InChI=1S/C26H28F3N3O2/c1-34-24-16-21(26(27,28)29)15-23(17-24)32-22-9-5-8-19(14-22)10-11-25(33)31-13-12-30-18-20-6-3-2-4-7-20/h2-9,14-17,30,32H,10-13,18H2,1H3,(H,31,33). The van der Waals surface area contributed by atoms with E-state index in [4.69, 9.17) is 4.74 Å². The number of ether oxygens (including phenoxy) is 1. The Morgan fingerprint density at radius 1 is 0.882 bits per heavy atom. The smallest absolute Gasteiger partial charge is 0.416 e. The minimum absolute atomic E-state index is 0.0533. The van der Waals surface area contributed by atoms with Crippen molar-refractivity contribution in [3.63, 3.8) is 0 Å². The fourth-order valence-electron chi connectivity index (χ4n) is 3.39. The second-order valence-corrected chi connectivity index (χ2v) is 7.79. The van der Waals surface area contributed by atoms with Crippen LogP contribution in [0.2, 0.25) is 0 Å². The van der Waals surface area contributed by atoms with Crippen molar-refractivity contribution in [2.45, 2.75) is 25.6 Å². The van der Waals surface area contributed by atoms with Gasteiger partial charge in [0, 0.05) is 43.5 Å². The molecule has 5 nitrogen and oxygen atoms in total. The van der Waals surface area contributed by atoms with E-state index in [0.29, 0.717) is 31.6 Å². The molecule has 180 valence electrons. The SMILES string of the molecule is COc1cc(Nc2cccc(CCC(=O)NCCNCc3ccccc3)c2)cc(C(F)(F)F)c1. The van der Waals surface area contributed by atoms with Crippen LogP contribution in [0.5, 0.6) is 5.75 Å². The van der Waals surface area contributed by atoms with Crippen molar-refractivity contribution in [3.05, 3.63) is 89.5 Å². The number of benzene rings is 3. The summed E-state index contributed by atoms with van der Waals surface area (Å²) in [6.45, 7) is 1.94. The molecular weight excluding hydrogens is 443 g/mol. The first-order valence-electron chi connectivity index (χ1n) is 11.0. The quantitative estimate of drug-likeness (QED) is 0.332. The van der Waals surface area contributed by atoms with Gasteiger partial charge in [-0.15, -0.1) is 0 Å². The zero-order chi connectivity index (χ0) is 24.4. The van der Waals surface area contributed by atoms with E-state index in [1.165, 1.54) is 18.7 Å². The monoisotopic (exact) mass is 471 g/mol. The number of amides is 1. The first kappa shape index (κ1) is 25.1. The number of anilines is 2. The summed E-state index contributed by atoms with van der Waals surface area (Å²) in [6, 6.07) is 20.8. The van der Waals surface area contributed by atoms with Crippen LogP contribution in [0.25, 0.3) is 0 Å². The molecule has 8 heteroatoms. The van der Waals surface area contributed by atoms with Gasteiger partial charge in [0.05, 0.1) is 12.7 Å². The topological polar surface area (TPSA) is 62.4 Å². The first-order chi connectivity index (χ1) is 16.3. The Morgan fingerprint density at radius 2 is 1.65 bits per heavy atom. The van der Waals surface area contributed by atoms with E-state index in [1.54, 1.807) is 12.1 Å². The summed E-state index contributed by atoms with van der Waals surface area (Å²) in [6.07, 6.45) is -3.64. The number of carbonyl (C=O) groups excluding carboxylic acids is 1. The number of aryl methyl sites for hydroxylation is 1. The lowest BCUT2D eigenvalue weighted by Gasteiger charge is -2.14. The van der Waals surface area contributed by atoms with Crippen LogP contribution in [-0.2, 0) is 23.9 Å². The summed E-state index contributed by atoms with van der Waals surface area (Å²) < 4.78 is 44.4. The molecule has 0 radical (unpaired) electrons. The van der Waals surface area contributed by atoms with Crippen LogP contribution in [-0.4, -0.2) is 26.1 Å². The molecule has 34 heavy (non-hydrogen) atoms. The molecule has 3 N–H and O–H groups in total. The lowest BCUT2D eigenvalue weighted by atomic mass is 10.1. The van der Waals surface area contributed by atoms with Crippen LogP contribution in [0.15, 0.2) is 72.8 Å². The fraction of sp³-hybridized carbons (Fsp3) is 0.269. The Kier molecular flexibility index (Phi) is 8.93. The summed E-state index contributed by atoms with van der Waals surface area (Å²) in [7, 11) is 1.32. The molecule has 0 atom stereocenters. The summed E-state index contributed by atoms with van der Waals surface area (Å²) >= 11 is 0. The highest BCUT2D eigenvalue weighted by atomic mass is 19.4. The molecule has 0 bridgehead atoms. The first-order valence-corrected chi connectivity index (χ1v) is 11.0. The van der Waals surface area contributed by atoms with Crippen molar-refractivity contribution in [2.75, 3.05) is 25.5 Å². The highest BCUT2D eigenvalue weighted by molar-refractivity contribution is 5.76. The molecule has 0 aliphatic rings. The van der Waals surface area contributed by atoms with Gasteiger partial charge < -0.3 is 20.7 Å². The summed E-state index contributed by atoms with van der Waals surface area (Å²) in [5.41, 5.74) is 2.20. The minimum Gasteiger partial charge on any atom is -0.497 e. The Hall–Kier alpha value is -3.52. The van der Waals surface area contributed by atoms with Gasteiger partial charge >= 0.3 is 6.18 Å². The molecule has 0 spiro atoms. The van der Waals surface area contributed by atoms with Crippen molar-refractivity contribution in [1.29, 1.82) is 0 Å². The maximum Gasteiger partial charge on any atom is 0.416 e. The molecule has 0 heterocycles. The van der Waals surface area contributed by atoms with Crippen LogP contribution in [0.4, 0.5) is 24.5 Å². The maximum absolute atomic E-state index is 13.1. The lowest BCUT2D eigenvalue weighted by Crippen LogP contribution is -2.31. The molecule has 0 fully saturated rings. The molecular formula is C26H28F3N3O2. The van der Waals surface area contributed by atoms with Gasteiger partial charge in [0.1, 0.15) is 5.75 Å². The highest BCUT2D eigenvalue weighted by Crippen LogP contribution is 2.35. The Bertz CT molecular complexity index is 1070. The number of methoxy groups -OCH3 is 1. The van der Waals surface area contributed by atoms with E-state index in [1.807, 2.05) is 42.5 Å². The second kappa shape index (κ2) is 12.1. The van der Waals surface area contributed by atoms with Crippen molar-refractivity contribution >= 4 is 17.3 Å². The average Bonchev–Trinajstić information content (AvgIpc) is 2.82. The van der Waals surface area contributed by atoms with E-state index < -0.39 is 11.7 Å². The van der Waals surface area contributed by atoms with Crippen LogP contribution < -0.4 is 20.7 Å². The predicted octanol–water partition coefficient (Wildman–Crippen LogP) is 5.30. The van der Waals surface area contributed by atoms with Crippen LogP contribution in [0, 0.1) is 0 Å². The molecule has 0 saturated heterocycles. The van der Waals surface area contributed by atoms with Gasteiger partial charge in [-0.05, 0) is 41.8 Å². The van der Waals surface area contributed by atoms with Gasteiger partial charge in [0.2, 0.25) is 5.91 Å². The Labute approximate surface area is 197 Å². The molecule has 0 aromatic heterocycles. The van der Waals surface area contributed by atoms with Gasteiger partial charge in [0.25, 0.3) is 0 Å². The molecule has 3 aromatic rings. The number of hydrogen-bond donors (Lipinski definition) is 3. The number of hydrogen-bond acceptors (Lipinski definition) is 4. The molecule has 0 saturated carbocycles. The van der Waals surface area contributed by atoms with Crippen molar-refractivity contribution in [2.24, 2.45) is 0 Å². The second-order valence-electron chi connectivity index (χ2n) is 7.79. The highest BCUT2D eigenvalue weighted by Gasteiger charge is 2.31. The lowest BCUT2D eigenvalue weighted by molar-refractivity contribution is -0.137. The van der Waals surface area contributed by atoms with E-state index >= 15 is 0 Å². The zero-order valence-corrected chi connectivity index (χ0v) is 18.9. The largest absolute Gasteiger partial charge is 0.497 e. The van der Waals surface area contributed by atoms with Crippen molar-refractivity contribution in [3.8, 4) is 5.75 Å². The van der Waals surface area contributed by atoms with Crippen molar-refractivity contribution in [1.82, 2.24) is 10.6 Å². The number of halogens is 3. The van der Waals surface area contributed by atoms with Gasteiger partial charge in [-0.1, -0.05) is 42.5 Å². The Balaban J connectivity index is 1.47.